The Hall–Kier alpha value is -2.72. The predicted molar refractivity (Wildman–Crippen MR) is 108 cm³/mol. The van der Waals surface area contributed by atoms with E-state index in [2.05, 4.69) is 41.1 Å². The number of nitrogens with zero attached hydrogens (tertiary/aromatic N) is 2. The average Bonchev–Trinajstić information content (AvgIpc) is 2.64. The number of phenolic OH excluding ortho intramolecular Hbond substituents is 1. The quantitative estimate of drug-likeness (QED) is 0.721. The molecule has 0 aliphatic carbocycles. The zero-order valence-corrected chi connectivity index (χ0v) is 15.9. The number of hydrogen-bond acceptors (Lipinski definition) is 4. The first-order valence-electron chi connectivity index (χ1n) is 8.71. The summed E-state index contributed by atoms with van der Waals surface area (Å²) < 4.78 is 5.35. The third kappa shape index (κ3) is 3.92. The van der Waals surface area contributed by atoms with Crippen molar-refractivity contribution in [2.24, 2.45) is 0 Å². The molecule has 136 valence electrons. The first-order chi connectivity index (χ1) is 12.5. The van der Waals surface area contributed by atoms with Gasteiger partial charge in [0.25, 0.3) is 0 Å². The molecule has 0 aromatic heterocycles. The zero-order chi connectivity index (χ0) is 18.7. The smallest absolute Gasteiger partial charge is 0.120 e. The van der Waals surface area contributed by atoms with Crippen LogP contribution >= 0.6 is 0 Å². The van der Waals surface area contributed by atoms with Crippen molar-refractivity contribution in [3.8, 4) is 11.5 Å². The van der Waals surface area contributed by atoms with E-state index >= 15 is 0 Å². The lowest BCUT2D eigenvalue weighted by molar-refractivity contribution is 0.314. The molecule has 0 heterocycles. The molecule has 3 aromatic rings. The largest absolute Gasteiger partial charge is 0.508 e. The summed E-state index contributed by atoms with van der Waals surface area (Å²) in [5.74, 6) is 1.12. The normalized spacial score (nSPS) is 11.1. The van der Waals surface area contributed by atoms with Crippen molar-refractivity contribution in [2.45, 2.75) is 13.1 Å². The Morgan fingerprint density at radius 1 is 0.885 bits per heavy atom. The van der Waals surface area contributed by atoms with Gasteiger partial charge >= 0.3 is 0 Å². The maximum atomic E-state index is 10.4. The molecule has 0 spiro atoms. The van der Waals surface area contributed by atoms with Crippen LogP contribution in [0.2, 0.25) is 0 Å². The van der Waals surface area contributed by atoms with E-state index in [0.717, 1.165) is 28.6 Å². The fraction of sp³-hybridized carbons (Fsp3) is 0.273. The second kappa shape index (κ2) is 7.67. The Bertz CT molecular complexity index is 889. The van der Waals surface area contributed by atoms with Gasteiger partial charge in [-0.3, -0.25) is 4.90 Å². The van der Waals surface area contributed by atoms with Crippen molar-refractivity contribution < 1.29 is 9.84 Å². The standard InChI is InChI=1S/C22H26N2O2/c1-23(2)18-9-5-16(6-10-18)14-24(3)15-21-20-13-19(26-4)11-7-17(20)8-12-22(21)25/h5-13,25H,14-15H2,1-4H3. The minimum atomic E-state index is 0.320. The molecule has 0 radical (unpaired) electrons. The van der Waals surface area contributed by atoms with E-state index < -0.39 is 0 Å². The number of phenols is 1. The molecule has 4 nitrogen and oxygen atoms in total. The number of anilines is 1. The lowest BCUT2D eigenvalue weighted by atomic mass is 10.0. The van der Waals surface area contributed by atoms with Crippen LogP contribution in [0.1, 0.15) is 11.1 Å². The number of methoxy groups -OCH3 is 1. The minimum absolute atomic E-state index is 0.320. The third-order valence-electron chi connectivity index (χ3n) is 4.65. The van der Waals surface area contributed by atoms with Gasteiger partial charge < -0.3 is 14.7 Å². The highest BCUT2D eigenvalue weighted by molar-refractivity contribution is 5.88. The molecule has 0 aliphatic rings. The molecule has 0 bridgehead atoms. The van der Waals surface area contributed by atoms with Gasteiger partial charge in [-0.1, -0.05) is 24.3 Å². The lowest BCUT2D eigenvalue weighted by Gasteiger charge is -2.20. The number of aromatic hydroxyl groups is 1. The molecule has 0 saturated carbocycles. The summed E-state index contributed by atoms with van der Waals surface area (Å²) in [6.07, 6.45) is 0. The van der Waals surface area contributed by atoms with Crippen LogP contribution in [0.4, 0.5) is 5.69 Å². The molecule has 26 heavy (non-hydrogen) atoms. The van der Waals surface area contributed by atoms with Gasteiger partial charge in [0.05, 0.1) is 7.11 Å². The fourth-order valence-electron chi connectivity index (χ4n) is 3.18. The van der Waals surface area contributed by atoms with Crippen LogP contribution in [0.5, 0.6) is 11.5 Å². The molecule has 3 rings (SSSR count). The summed E-state index contributed by atoms with van der Waals surface area (Å²) in [5.41, 5.74) is 3.36. The monoisotopic (exact) mass is 350 g/mol. The van der Waals surface area contributed by atoms with Gasteiger partial charge in [0.1, 0.15) is 11.5 Å². The van der Waals surface area contributed by atoms with Gasteiger partial charge in [-0.2, -0.15) is 0 Å². The lowest BCUT2D eigenvalue weighted by Crippen LogP contribution is -2.17. The van der Waals surface area contributed by atoms with Crippen molar-refractivity contribution in [3.63, 3.8) is 0 Å². The van der Waals surface area contributed by atoms with E-state index in [4.69, 9.17) is 4.74 Å². The maximum absolute atomic E-state index is 10.4. The molecular weight excluding hydrogens is 324 g/mol. The highest BCUT2D eigenvalue weighted by atomic mass is 16.5. The van der Waals surface area contributed by atoms with Gasteiger partial charge in [-0.15, -0.1) is 0 Å². The molecule has 0 atom stereocenters. The molecule has 4 heteroatoms. The number of ether oxygens (including phenoxy) is 1. The molecule has 1 N–H and O–H groups in total. The highest BCUT2D eigenvalue weighted by Gasteiger charge is 2.11. The summed E-state index contributed by atoms with van der Waals surface area (Å²) in [6, 6.07) is 18.2. The fourth-order valence-corrected chi connectivity index (χ4v) is 3.18. The molecule has 0 amide bonds. The third-order valence-corrected chi connectivity index (χ3v) is 4.65. The zero-order valence-electron chi connectivity index (χ0n) is 15.9. The molecule has 0 saturated heterocycles. The van der Waals surface area contributed by atoms with Gasteiger partial charge in [-0.25, -0.2) is 0 Å². The second-order valence-corrected chi connectivity index (χ2v) is 6.88. The van der Waals surface area contributed by atoms with Crippen molar-refractivity contribution in [3.05, 3.63) is 65.7 Å². The van der Waals surface area contributed by atoms with E-state index in [9.17, 15) is 5.11 Å². The molecule has 0 unspecified atom stereocenters. The molecule has 3 aromatic carbocycles. The van der Waals surface area contributed by atoms with Crippen molar-refractivity contribution in [1.82, 2.24) is 4.90 Å². The van der Waals surface area contributed by atoms with Gasteiger partial charge in [0, 0.05) is 38.4 Å². The van der Waals surface area contributed by atoms with Crippen LogP contribution in [-0.2, 0) is 13.1 Å². The summed E-state index contributed by atoms with van der Waals surface area (Å²) >= 11 is 0. The van der Waals surface area contributed by atoms with E-state index in [-0.39, 0.29) is 0 Å². The first-order valence-corrected chi connectivity index (χ1v) is 8.71. The summed E-state index contributed by atoms with van der Waals surface area (Å²) in [5, 5.41) is 12.5. The van der Waals surface area contributed by atoms with Crippen LogP contribution in [-0.4, -0.2) is 38.3 Å². The number of benzene rings is 3. The minimum Gasteiger partial charge on any atom is -0.508 e. The van der Waals surface area contributed by atoms with Crippen LogP contribution < -0.4 is 9.64 Å². The van der Waals surface area contributed by atoms with E-state index in [1.807, 2.05) is 38.4 Å². The second-order valence-electron chi connectivity index (χ2n) is 6.88. The number of hydrogen-bond donors (Lipinski definition) is 1. The molecule has 0 fully saturated rings. The molecule has 0 aliphatic heterocycles. The van der Waals surface area contributed by atoms with E-state index in [1.165, 1.54) is 11.3 Å². The summed E-state index contributed by atoms with van der Waals surface area (Å²) in [4.78, 5) is 4.30. The number of rotatable bonds is 6. The Morgan fingerprint density at radius 3 is 2.23 bits per heavy atom. The first kappa shape index (κ1) is 18.1. The number of fused-ring (bicyclic) bond motifs is 1. The Kier molecular flexibility index (Phi) is 5.33. The highest BCUT2D eigenvalue weighted by Crippen LogP contribution is 2.31. The van der Waals surface area contributed by atoms with Crippen LogP contribution in [0.3, 0.4) is 0 Å². The van der Waals surface area contributed by atoms with Crippen LogP contribution in [0.25, 0.3) is 10.8 Å². The van der Waals surface area contributed by atoms with Crippen molar-refractivity contribution in [2.75, 3.05) is 33.2 Å². The van der Waals surface area contributed by atoms with Gasteiger partial charge in [-0.05, 0) is 53.7 Å². The van der Waals surface area contributed by atoms with E-state index in [1.54, 1.807) is 13.2 Å². The SMILES string of the molecule is COc1ccc2ccc(O)c(CN(C)Cc3ccc(N(C)C)cc3)c2c1. The molecular formula is C22H26N2O2. The van der Waals surface area contributed by atoms with Crippen LogP contribution in [0, 0.1) is 0 Å². The van der Waals surface area contributed by atoms with Gasteiger partial charge in [0.2, 0.25) is 0 Å². The van der Waals surface area contributed by atoms with E-state index in [0.29, 0.717) is 12.3 Å². The Labute approximate surface area is 155 Å². The summed E-state index contributed by atoms with van der Waals surface area (Å²) in [6.45, 7) is 1.47. The maximum Gasteiger partial charge on any atom is 0.120 e. The summed E-state index contributed by atoms with van der Waals surface area (Å²) in [7, 11) is 7.81. The van der Waals surface area contributed by atoms with Crippen LogP contribution in [0.15, 0.2) is 54.6 Å². The Balaban J connectivity index is 1.82. The van der Waals surface area contributed by atoms with Crippen molar-refractivity contribution >= 4 is 16.5 Å². The predicted octanol–water partition coefficient (Wildman–Crippen LogP) is 4.25. The Morgan fingerprint density at radius 2 is 1.58 bits per heavy atom. The van der Waals surface area contributed by atoms with Gasteiger partial charge in [0.15, 0.2) is 0 Å². The van der Waals surface area contributed by atoms with Crippen molar-refractivity contribution in [1.29, 1.82) is 0 Å². The average molecular weight is 350 g/mol. The topological polar surface area (TPSA) is 35.9 Å².